The van der Waals surface area contributed by atoms with Gasteiger partial charge in [-0.05, 0) is 73.2 Å². The molecule has 0 spiro atoms. The lowest BCUT2D eigenvalue weighted by molar-refractivity contribution is 0.100. The zero-order valence-corrected chi connectivity index (χ0v) is 15.8. The summed E-state index contributed by atoms with van der Waals surface area (Å²) in [5.41, 5.74) is 9.55. The Balaban J connectivity index is 1.66. The van der Waals surface area contributed by atoms with Crippen molar-refractivity contribution < 1.29 is 4.79 Å². The minimum Gasteiger partial charge on any atom is -0.366 e. The van der Waals surface area contributed by atoms with E-state index in [1.807, 2.05) is 18.2 Å². The highest BCUT2D eigenvalue weighted by Crippen LogP contribution is 2.37. The van der Waals surface area contributed by atoms with E-state index in [-0.39, 0.29) is 5.91 Å². The number of aryl methyl sites for hydroxylation is 1. The molecule has 1 aliphatic heterocycles. The van der Waals surface area contributed by atoms with Crippen LogP contribution in [-0.4, -0.2) is 24.4 Å². The first kappa shape index (κ1) is 18.2. The van der Waals surface area contributed by atoms with Crippen LogP contribution in [0.15, 0.2) is 36.4 Å². The largest absolute Gasteiger partial charge is 0.366 e. The Kier molecular flexibility index (Phi) is 5.67. The summed E-state index contributed by atoms with van der Waals surface area (Å²) in [7, 11) is 2.13. The highest BCUT2D eigenvalue weighted by molar-refractivity contribution is 6.35. The minimum atomic E-state index is -0.387. The second kappa shape index (κ2) is 7.77. The Morgan fingerprint density at radius 2 is 1.96 bits per heavy atom. The van der Waals surface area contributed by atoms with E-state index in [0.29, 0.717) is 16.5 Å². The third-order valence-electron chi connectivity index (χ3n) is 4.85. The van der Waals surface area contributed by atoms with Crippen LogP contribution in [0.1, 0.15) is 45.8 Å². The van der Waals surface area contributed by atoms with Gasteiger partial charge in [0, 0.05) is 28.7 Å². The molecule has 0 aromatic heterocycles. The molecule has 1 unspecified atom stereocenters. The van der Waals surface area contributed by atoms with Gasteiger partial charge in [-0.2, -0.15) is 0 Å². The Labute approximate surface area is 158 Å². The molecule has 1 atom stereocenters. The third kappa shape index (κ3) is 4.35. The number of nitrogens with two attached hydrogens (primary N) is 1. The number of hydrogen-bond acceptors (Lipinski definition) is 2. The number of likely N-dealkylation sites (N-methyl/N-ethyl adjacent to an activating group) is 1. The lowest BCUT2D eigenvalue weighted by Gasteiger charge is -2.33. The average Bonchev–Trinajstić information content (AvgIpc) is 2.56. The van der Waals surface area contributed by atoms with Gasteiger partial charge in [-0.15, -0.1) is 0 Å². The molecule has 25 heavy (non-hydrogen) atoms. The number of rotatable bonds is 5. The SMILES string of the molecule is CN1Cc2c(Cl)cc(Cl)cc2C(CCCc2ccc(C(N)=O)cc2)C1. The summed E-state index contributed by atoms with van der Waals surface area (Å²) in [4.78, 5) is 13.4. The molecule has 2 aromatic rings. The lowest BCUT2D eigenvalue weighted by Crippen LogP contribution is -2.30. The predicted molar refractivity (Wildman–Crippen MR) is 103 cm³/mol. The van der Waals surface area contributed by atoms with Gasteiger partial charge >= 0.3 is 0 Å². The molecule has 0 saturated heterocycles. The number of benzene rings is 2. The first-order valence-corrected chi connectivity index (χ1v) is 9.24. The lowest BCUT2D eigenvalue weighted by atomic mass is 9.86. The molecule has 0 saturated carbocycles. The van der Waals surface area contributed by atoms with Gasteiger partial charge in [-0.1, -0.05) is 35.3 Å². The Bertz CT molecular complexity index is 774. The van der Waals surface area contributed by atoms with Gasteiger partial charge in [0.1, 0.15) is 0 Å². The summed E-state index contributed by atoms with van der Waals surface area (Å²) in [6.07, 6.45) is 3.12. The number of primary amides is 1. The Morgan fingerprint density at radius 3 is 2.64 bits per heavy atom. The maximum absolute atomic E-state index is 11.1. The molecular formula is C20H22Cl2N2O. The monoisotopic (exact) mass is 376 g/mol. The maximum Gasteiger partial charge on any atom is 0.248 e. The van der Waals surface area contributed by atoms with Crippen molar-refractivity contribution in [1.82, 2.24) is 4.90 Å². The minimum absolute atomic E-state index is 0.387. The zero-order chi connectivity index (χ0) is 18.0. The van der Waals surface area contributed by atoms with Crippen molar-refractivity contribution in [2.24, 2.45) is 5.73 Å². The summed E-state index contributed by atoms with van der Waals surface area (Å²) in [6, 6.07) is 11.5. The molecular weight excluding hydrogens is 355 g/mol. The van der Waals surface area contributed by atoms with Crippen LogP contribution in [0.4, 0.5) is 0 Å². The van der Waals surface area contributed by atoms with Gasteiger partial charge < -0.3 is 10.6 Å². The molecule has 2 aromatic carbocycles. The van der Waals surface area contributed by atoms with Gasteiger partial charge in [0.05, 0.1) is 0 Å². The van der Waals surface area contributed by atoms with Gasteiger partial charge in [0.25, 0.3) is 0 Å². The van der Waals surface area contributed by atoms with Crippen LogP contribution in [0.5, 0.6) is 0 Å². The highest BCUT2D eigenvalue weighted by atomic mass is 35.5. The summed E-state index contributed by atoms with van der Waals surface area (Å²) in [5, 5.41) is 1.47. The normalized spacial score (nSPS) is 17.3. The topological polar surface area (TPSA) is 46.3 Å². The number of fused-ring (bicyclic) bond motifs is 1. The predicted octanol–water partition coefficient (Wildman–Crippen LogP) is 4.64. The van der Waals surface area contributed by atoms with E-state index in [1.165, 1.54) is 16.7 Å². The van der Waals surface area contributed by atoms with Gasteiger partial charge in [0.15, 0.2) is 0 Å². The number of carbonyl (C=O) groups is 1. The second-order valence-corrected chi connectivity index (χ2v) is 7.65. The van der Waals surface area contributed by atoms with Gasteiger partial charge in [0.2, 0.25) is 5.91 Å². The number of amides is 1. The summed E-state index contributed by atoms with van der Waals surface area (Å²) in [5.74, 6) is 0.0528. The summed E-state index contributed by atoms with van der Waals surface area (Å²) >= 11 is 12.6. The van der Waals surface area contributed by atoms with E-state index in [0.717, 1.165) is 37.4 Å². The highest BCUT2D eigenvalue weighted by Gasteiger charge is 2.25. The first-order chi connectivity index (χ1) is 11.9. The van der Waals surface area contributed by atoms with Crippen molar-refractivity contribution in [2.45, 2.75) is 31.7 Å². The van der Waals surface area contributed by atoms with Crippen molar-refractivity contribution in [1.29, 1.82) is 0 Å². The summed E-state index contributed by atoms with van der Waals surface area (Å²) in [6.45, 7) is 1.89. The molecule has 0 bridgehead atoms. The van der Waals surface area contributed by atoms with Crippen molar-refractivity contribution >= 4 is 29.1 Å². The molecule has 1 amide bonds. The van der Waals surface area contributed by atoms with Gasteiger partial charge in [-0.3, -0.25) is 4.79 Å². The molecule has 0 radical (unpaired) electrons. The summed E-state index contributed by atoms with van der Waals surface area (Å²) < 4.78 is 0. The van der Waals surface area contributed by atoms with Crippen LogP contribution >= 0.6 is 23.2 Å². The molecule has 0 fully saturated rings. The van der Waals surface area contributed by atoms with Crippen LogP contribution < -0.4 is 5.73 Å². The van der Waals surface area contributed by atoms with E-state index < -0.39 is 0 Å². The Morgan fingerprint density at radius 1 is 1.24 bits per heavy atom. The fourth-order valence-corrected chi connectivity index (χ4v) is 4.17. The quantitative estimate of drug-likeness (QED) is 0.825. The molecule has 1 aliphatic rings. The van der Waals surface area contributed by atoms with Gasteiger partial charge in [-0.25, -0.2) is 0 Å². The number of carbonyl (C=O) groups excluding carboxylic acids is 1. The van der Waals surface area contributed by atoms with E-state index >= 15 is 0 Å². The molecule has 3 rings (SSSR count). The average molecular weight is 377 g/mol. The van der Waals surface area contributed by atoms with E-state index in [9.17, 15) is 4.79 Å². The van der Waals surface area contributed by atoms with Crippen LogP contribution in [-0.2, 0) is 13.0 Å². The van der Waals surface area contributed by atoms with Crippen LogP contribution in [0.25, 0.3) is 0 Å². The smallest absolute Gasteiger partial charge is 0.248 e. The molecule has 3 nitrogen and oxygen atoms in total. The number of halogens is 2. The number of nitrogens with zero attached hydrogens (tertiary/aromatic N) is 1. The number of hydrogen-bond donors (Lipinski definition) is 1. The van der Waals surface area contributed by atoms with Crippen LogP contribution in [0.2, 0.25) is 10.0 Å². The molecule has 5 heteroatoms. The van der Waals surface area contributed by atoms with E-state index in [4.69, 9.17) is 28.9 Å². The molecule has 132 valence electrons. The van der Waals surface area contributed by atoms with Crippen molar-refractivity contribution in [2.75, 3.05) is 13.6 Å². The fraction of sp³-hybridized carbons (Fsp3) is 0.350. The Hall–Kier alpha value is -1.55. The molecule has 0 aliphatic carbocycles. The first-order valence-electron chi connectivity index (χ1n) is 8.49. The van der Waals surface area contributed by atoms with Crippen molar-refractivity contribution in [3.05, 3.63) is 68.7 Å². The van der Waals surface area contributed by atoms with Crippen molar-refractivity contribution in [3.63, 3.8) is 0 Å². The van der Waals surface area contributed by atoms with Crippen LogP contribution in [0, 0.1) is 0 Å². The molecule has 1 heterocycles. The van der Waals surface area contributed by atoms with Crippen LogP contribution in [0.3, 0.4) is 0 Å². The standard InChI is InChI=1S/C20H22Cl2N2O/c1-24-11-15(17-9-16(21)10-19(22)18(17)12-24)4-2-3-13-5-7-14(8-6-13)20(23)25/h5-10,15H,2-4,11-12H2,1H3,(H2,23,25). The second-order valence-electron chi connectivity index (χ2n) is 6.80. The van der Waals surface area contributed by atoms with E-state index in [1.54, 1.807) is 12.1 Å². The molecule has 2 N–H and O–H groups in total. The van der Waals surface area contributed by atoms with E-state index in [2.05, 4.69) is 18.0 Å². The fourth-order valence-electron chi connectivity index (χ4n) is 3.60. The third-order valence-corrected chi connectivity index (χ3v) is 5.41. The maximum atomic E-state index is 11.1. The zero-order valence-electron chi connectivity index (χ0n) is 14.3. The van der Waals surface area contributed by atoms with Crippen molar-refractivity contribution in [3.8, 4) is 0 Å².